The number of rotatable bonds is 3. The molecule has 1 unspecified atom stereocenters. The third-order valence-corrected chi connectivity index (χ3v) is 4.42. The van der Waals surface area contributed by atoms with E-state index in [0.29, 0.717) is 4.34 Å². The largest absolute Gasteiger partial charge is 0.387 e. The summed E-state index contributed by atoms with van der Waals surface area (Å²) in [4.78, 5) is 0.814. The number of benzene rings is 1. The lowest BCUT2D eigenvalue weighted by atomic mass is 9.79. The van der Waals surface area contributed by atoms with Crippen LogP contribution in [0.4, 0.5) is 4.39 Å². The van der Waals surface area contributed by atoms with E-state index in [2.05, 4.69) is 0 Å². The van der Waals surface area contributed by atoms with Gasteiger partial charge in [0.1, 0.15) is 5.82 Å². The van der Waals surface area contributed by atoms with Crippen molar-refractivity contribution in [2.75, 3.05) is 0 Å². The van der Waals surface area contributed by atoms with Gasteiger partial charge in [0.05, 0.1) is 10.4 Å². The molecule has 0 aliphatic heterocycles. The molecule has 2 aromatic rings. The van der Waals surface area contributed by atoms with Gasteiger partial charge < -0.3 is 5.11 Å². The maximum Gasteiger partial charge on any atom is 0.123 e. The molecule has 0 radical (unpaired) electrons. The Hall–Kier alpha value is -0.900. The van der Waals surface area contributed by atoms with Gasteiger partial charge in [0.15, 0.2) is 0 Å². The molecule has 0 amide bonds. The van der Waals surface area contributed by atoms with Crippen molar-refractivity contribution in [1.82, 2.24) is 0 Å². The zero-order chi connectivity index (χ0) is 13.3. The Kier molecular flexibility index (Phi) is 3.76. The molecule has 0 saturated carbocycles. The number of hydrogen-bond donors (Lipinski definition) is 1. The fourth-order valence-corrected chi connectivity index (χ4v) is 3.10. The lowest BCUT2D eigenvalue weighted by molar-refractivity contribution is 0.104. The molecular formula is C14H14ClFOS. The molecule has 1 aromatic heterocycles. The second-order valence-electron chi connectivity index (χ2n) is 4.77. The number of hydrogen-bond acceptors (Lipinski definition) is 2. The van der Waals surface area contributed by atoms with Crippen LogP contribution in [0.1, 0.15) is 30.4 Å². The summed E-state index contributed by atoms with van der Waals surface area (Å²) in [5.74, 6) is -0.275. The average Bonchev–Trinajstić information content (AvgIpc) is 2.75. The zero-order valence-corrected chi connectivity index (χ0v) is 11.7. The molecule has 1 heterocycles. The minimum absolute atomic E-state index is 0.275. The fourth-order valence-electron chi connectivity index (χ4n) is 1.87. The first-order valence-electron chi connectivity index (χ1n) is 5.60. The maximum atomic E-state index is 12.9. The minimum Gasteiger partial charge on any atom is -0.387 e. The van der Waals surface area contributed by atoms with Gasteiger partial charge in [0, 0.05) is 10.3 Å². The molecule has 0 aliphatic carbocycles. The van der Waals surface area contributed by atoms with E-state index in [0.717, 1.165) is 10.4 Å². The van der Waals surface area contributed by atoms with Crippen molar-refractivity contribution in [3.63, 3.8) is 0 Å². The second kappa shape index (κ2) is 5.00. The van der Waals surface area contributed by atoms with Crippen molar-refractivity contribution in [2.24, 2.45) is 0 Å². The Balaban J connectivity index is 2.32. The van der Waals surface area contributed by atoms with Crippen molar-refractivity contribution in [1.29, 1.82) is 0 Å². The normalized spacial score (nSPS) is 13.6. The Bertz CT molecular complexity index is 533. The minimum atomic E-state index is -0.666. The van der Waals surface area contributed by atoms with E-state index in [1.165, 1.54) is 23.5 Å². The molecule has 1 N–H and O–H groups in total. The topological polar surface area (TPSA) is 20.2 Å². The SMILES string of the molecule is CC(C)(c1ccc(F)cc1)C(O)c1ccc(Cl)s1. The number of aliphatic hydroxyl groups excluding tert-OH is 1. The molecule has 0 saturated heterocycles. The summed E-state index contributed by atoms with van der Waals surface area (Å²) >= 11 is 7.24. The van der Waals surface area contributed by atoms with Gasteiger partial charge in [-0.1, -0.05) is 37.6 Å². The maximum absolute atomic E-state index is 12.9. The zero-order valence-electron chi connectivity index (χ0n) is 10.2. The number of halogens is 2. The van der Waals surface area contributed by atoms with Crippen LogP contribution in [0, 0.1) is 5.82 Å². The number of aliphatic hydroxyl groups is 1. The lowest BCUT2D eigenvalue weighted by Gasteiger charge is -2.30. The van der Waals surface area contributed by atoms with Crippen LogP contribution in [0.5, 0.6) is 0 Å². The summed E-state index contributed by atoms with van der Waals surface area (Å²) < 4.78 is 13.6. The predicted octanol–water partition coefficient (Wildman–Crippen LogP) is 4.55. The van der Waals surface area contributed by atoms with Crippen LogP contribution >= 0.6 is 22.9 Å². The van der Waals surface area contributed by atoms with Crippen molar-refractivity contribution in [3.8, 4) is 0 Å². The highest BCUT2D eigenvalue weighted by Gasteiger charge is 2.32. The average molecular weight is 285 g/mol. The van der Waals surface area contributed by atoms with Crippen molar-refractivity contribution in [2.45, 2.75) is 25.4 Å². The Labute approximate surface area is 115 Å². The van der Waals surface area contributed by atoms with Gasteiger partial charge in [-0.05, 0) is 29.8 Å². The summed E-state index contributed by atoms with van der Waals surface area (Å²) in [5.41, 5.74) is 0.392. The summed E-state index contributed by atoms with van der Waals surface area (Å²) in [6.45, 7) is 3.86. The van der Waals surface area contributed by atoms with Crippen LogP contribution in [0.15, 0.2) is 36.4 Å². The van der Waals surface area contributed by atoms with E-state index in [4.69, 9.17) is 11.6 Å². The van der Waals surface area contributed by atoms with E-state index in [1.807, 2.05) is 19.9 Å². The van der Waals surface area contributed by atoms with E-state index in [9.17, 15) is 9.50 Å². The highest BCUT2D eigenvalue weighted by Crippen LogP contribution is 2.40. The Morgan fingerprint density at radius 2 is 1.78 bits per heavy atom. The molecule has 0 spiro atoms. The molecule has 2 rings (SSSR count). The molecule has 96 valence electrons. The molecule has 0 bridgehead atoms. The predicted molar refractivity (Wildman–Crippen MR) is 73.7 cm³/mol. The standard InChI is InChI=1S/C14H14ClFOS/c1-14(2,9-3-5-10(16)6-4-9)13(17)11-7-8-12(15)18-11/h3-8,13,17H,1-2H3. The van der Waals surface area contributed by atoms with Crippen LogP contribution in [0.25, 0.3) is 0 Å². The summed E-state index contributed by atoms with van der Waals surface area (Å²) in [7, 11) is 0. The Morgan fingerprint density at radius 3 is 2.28 bits per heavy atom. The molecule has 4 heteroatoms. The second-order valence-corrected chi connectivity index (χ2v) is 6.52. The molecule has 18 heavy (non-hydrogen) atoms. The summed E-state index contributed by atoms with van der Waals surface area (Å²) in [6, 6.07) is 9.81. The molecule has 1 aromatic carbocycles. The monoisotopic (exact) mass is 284 g/mol. The van der Waals surface area contributed by atoms with Gasteiger partial charge in [-0.15, -0.1) is 11.3 Å². The van der Waals surface area contributed by atoms with Crippen LogP contribution in [-0.4, -0.2) is 5.11 Å². The molecule has 1 atom stereocenters. The van der Waals surface area contributed by atoms with Crippen LogP contribution in [0.3, 0.4) is 0 Å². The van der Waals surface area contributed by atoms with Gasteiger partial charge in [-0.25, -0.2) is 4.39 Å². The fraction of sp³-hybridized carbons (Fsp3) is 0.286. The van der Waals surface area contributed by atoms with E-state index in [1.54, 1.807) is 18.2 Å². The Morgan fingerprint density at radius 1 is 1.17 bits per heavy atom. The molecule has 1 nitrogen and oxygen atoms in total. The van der Waals surface area contributed by atoms with Gasteiger partial charge in [0.2, 0.25) is 0 Å². The van der Waals surface area contributed by atoms with Gasteiger partial charge >= 0.3 is 0 Å². The van der Waals surface area contributed by atoms with Gasteiger partial charge in [-0.2, -0.15) is 0 Å². The van der Waals surface area contributed by atoms with Crippen LogP contribution in [0.2, 0.25) is 4.34 Å². The summed E-state index contributed by atoms with van der Waals surface area (Å²) in [5, 5.41) is 10.4. The molecular weight excluding hydrogens is 271 g/mol. The smallest absolute Gasteiger partial charge is 0.123 e. The third-order valence-electron chi connectivity index (χ3n) is 3.14. The molecule has 0 aliphatic rings. The summed E-state index contributed by atoms with van der Waals surface area (Å²) in [6.07, 6.45) is -0.666. The highest BCUT2D eigenvalue weighted by atomic mass is 35.5. The van der Waals surface area contributed by atoms with E-state index in [-0.39, 0.29) is 5.82 Å². The lowest BCUT2D eigenvalue weighted by Crippen LogP contribution is -2.26. The van der Waals surface area contributed by atoms with Crippen molar-refractivity contribution in [3.05, 3.63) is 57.0 Å². The van der Waals surface area contributed by atoms with Gasteiger partial charge in [-0.3, -0.25) is 0 Å². The van der Waals surface area contributed by atoms with Crippen molar-refractivity contribution >= 4 is 22.9 Å². The third kappa shape index (κ3) is 2.58. The highest BCUT2D eigenvalue weighted by molar-refractivity contribution is 7.16. The van der Waals surface area contributed by atoms with Crippen molar-refractivity contribution < 1.29 is 9.50 Å². The van der Waals surface area contributed by atoms with Crippen LogP contribution < -0.4 is 0 Å². The molecule has 0 fully saturated rings. The quantitative estimate of drug-likeness (QED) is 0.876. The number of thiophene rings is 1. The first-order valence-corrected chi connectivity index (χ1v) is 6.80. The van der Waals surface area contributed by atoms with E-state index < -0.39 is 11.5 Å². The first-order chi connectivity index (χ1) is 8.41. The van der Waals surface area contributed by atoms with E-state index >= 15 is 0 Å². The van der Waals surface area contributed by atoms with Gasteiger partial charge in [0.25, 0.3) is 0 Å². The first kappa shape index (κ1) is 13.5. The van der Waals surface area contributed by atoms with Crippen LogP contribution in [-0.2, 0) is 5.41 Å².